The fraction of sp³-hybridized carbons (Fsp3) is 0.154. The summed E-state index contributed by atoms with van der Waals surface area (Å²) in [6.07, 6.45) is 3.17. The van der Waals surface area contributed by atoms with E-state index in [-0.39, 0.29) is 6.04 Å². The minimum atomic E-state index is 0.0940. The lowest BCUT2D eigenvalue weighted by Gasteiger charge is -2.14. The molecule has 2 N–H and O–H groups in total. The highest BCUT2D eigenvalue weighted by Crippen LogP contribution is 2.24. The van der Waals surface area contributed by atoms with E-state index >= 15 is 0 Å². The van der Waals surface area contributed by atoms with E-state index in [2.05, 4.69) is 21.9 Å². The number of benzene rings is 1. The first-order chi connectivity index (χ1) is 9.16. The van der Waals surface area contributed by atoms with Crippen LogP contribution in [0.2, 0.25) is 5.15 Å². The molecule has 96 valence electrons. The minimum Gasteiger partial charge on any atom is -0.399 e. The summed E-state index contributed by atoms with van der Waals surface area (Å²) in [7, 11) is 0. The lowest BCUT2D eigenvalue weighted by molar-refractivity contribution is 0.652. The van der Waals surface area contributed by atoms with Gasteiger partial charge in [-0.05, 0) is 24.6 Å². The summed E-state index contributed by atoms with van der Waals surface area (Å²) in [4.78, 5) is 12.4. The molecule has 0 spiro atoms. The van der Waals surface area contributed by atoms with Crippen LogP contribution in [0.15, 0.2) is 36.9 Å². The van der Waals surface area contributed by atoms with Crippen LogP contribution in [0.5, 0.6) is 0 Å². The van der Waals surface area contributed by atoms with Crippen LogP contribution >= 0.6 is 11.6 Å². The number of hydrogen-bond donors (Lipinski definition) is 1. The van der Waals surface area contributed by atoms with Crippen LogP contribution < -0.4 is 5.73 Å². The van der Waals surface area contributed by atoms with Crippen molar-refractivity contribution < 1.29 is 0 Å². The second-order valence-corrected chi connectivity index (χ2v) is 4.69. The molecule has 0 radical (unpaired) electrons. The van der Waals surface area contributed by atoms with E-state index in [1.807, 2.05) is 28.8 Å². The molecule has 0 aliphatic rings. The van der Waals surface area contributed by atoms with Gasteiger partial charge < -0.3 is 10.3 Å². The number of halogens is 1. The van der Waals surface area contributed by atoms with Crippen molar-refractivity contribution >= 4 is 28.5 Å². The van der Waals surface area contributed by atoms with Crippen LogP contribution in [0.1, 0.15) is 18.5 Å². The molecule has 0 bridgehead atoms. The number of nitrogens with two attached hydrogens (primary N) is 1. The number of imidazole rings is 1. The highest BCUT2D eigenvalue weighted by atomic mass is 35.5. The average Bonchev–Trinajstić information content (AvgIpc) is 2.84. The van der Waals surface area contributed by atoms with Crippen LogP contribution in [0.25, 0.3) is 11.2 Å². The van der Waals surface area contributed by atoms with Crippen molar-refractivity contribution in [2.24, 2.45) is 0 Å². The normalized spacial score (nSPS) is 12.7. The second-order valence-electron chi connectivity index (χ2n) is 4.33. The summed E-state index contributed by atoms with van der Waals surface area (Å²) in [6, 6.07) is 7.85. The first kappa shape index (κ1) is 11.9. The van der Waals surface area contributed by atoms with Crippen molar-refractivity contribution in [2.75, 3.05) is 5.73 Å². The number of rotatable bonds is 2. The molecule has 0 amide bonds. The molecule has 19 heavy (non-hydrogen) atoms. The molecule has 5 nitrogen and oxygen atoms in total. The van der Waals surface area contributed by atoms with E-state index in [4.69, 9.17) is 17.3 Å². The molecule has 0 unspecified atom stereocenters. The summed E-state index contributed by atoms with van der Waals surface area (Å²) in [5.41, 5.74) is 8.92. The van der Waals surface area contributed by atoms with Crippen molar-refractivity contribution in [1.29, 1.82) is 0 Å². The third-order valence-electron chi connectivity index (χ3n) is 3.15. The van der Waals surface area contributed by atoms with Gasteiger partial charge in [-0.15, -0.1) is 0 Å². The standard InChI is InChI=1S/C13H12ClN5/c1-8(9-2-4-10(15)5-3-9)19-7-18-11-12(14)16-6-17-13(11)19/h2-8H,15H2,1H3/t8-/m0/s1. The fourth-order valence-corrected chi connectivity index (χ4v) is 2.22. The number of anilines is 1. The zero-order valence-corrected chi connectivity index (χ0v) is 11.0. The Morgan fingerprint density at radius 2 is 1.89 bits per heavy atom. The van der Waals surface area contributed by atoms with E-state index in [9.17, 15) is 0 Å². The van der Waals surface area contributed by atoms with Crippen molar-refractivity contribution in [3.05, 3.63) is 47.6 Å². The van der Waals surface area contributed by atoms with E-state index < -0.39 is 0 Å². The highest BCUT2D eigenvalue weighted by molar-refractivity contribution is 6.33. The average molecular weight is 274 g/mol. The third kappa shape index (κ3) is 2.02. The number of nitrogens with zero attached hydrogens (tertiary/aromatic N) is 4. The molecule has 3 aromatic rings. The maximum atomic E-state index is 6.00. The summed E-state index contributed by atoms with van der Waals surface area (Å²) < 4.78 is 1.97. The van der Waals surface area contributed by atoms with Gasteiger partial charge in [-0.2, -0.15) is 0 Å². The molecule has 1 atom stereocenters. The molecule has 0 saturated heterocycles. The van der Waals surface area contributed by atoms with Gasteiger partial charge in [0.25, 0.3) is 0 Å². The first-order valence-corrected chi connectivity index (χ1v) is 6.23. The molecular weight excluding hydrogens is 262 g/mol. The van der Waals surface area contributed by atoms with Gasteiger partial charge in [0.1, 0.15) is 11.8 Å². The van der Waals surface area contributed by atoms with Gasteiger partial charge in [0.05, 0.1) is 12.4 Å². The zero-order chi connectivity index (χ0) is 13.4. The van der Waals surface area contributed by atoms with Crippen molar-refractivity contribution in [3.8, 4) is 0 Å². The molecule has 6 heteroatoms. The number of nitrogen functional groups attached to an aromatic ring is 1. The van der Waals surface area contributed by atoms with E-state index in [0.29, 0.717) is 10.7 Å². The van der Waals surface area contributed by atoms with E-state index in [1.165, 1.54) is 6.33 Å². The highest BCUT2D eigenvalue weighted by Gasteiger charge is 2.14. The predicted octanol–water partition coefficient (Wildman–Crippen LogP) is 2.67. The van der Waals surface area contributed by atoms with Crippen molar-refractivity contribution in [2.45, 2.75) is 13.0 Å². The summed E-state index contributed by atoms with van der Waals surface area (Å²) >= 11 is 6.00. The monoisotopic (exact) mass is 273 g/mol. The second kappa shape index (κ2) is 4.51. The predicted molar refractivity (Wildman–Crippen MR) is 75.0 cm³/mol. The van der Waals surface area contributed by atoms with Crippen LogP contribution in [0.4, 0.5) is 5.69 Å². The van der Waals surface area contributed by atoms with Gasteiger partial charge in [-0.25, -0.2) is 15.0 Å². The minimum absolute atomic E-state index is 0.0940. The molecule has 0 aliphatic heterocycles. The lowest BCUT2D eigenvalue weighted by atomic mass is 10.1. The molecular formula is C13H12ClN5. The van der Waals surface area contributed by atoms with Gasteiger partial charge in [-0.3, -0.25) is 0 Å². The molecule has 3 rings (SSSR count). The zero-order valence-electron chi connectivity index (χ0n) is 10.3. The van der Waals surface area contributed by atoms with Gasteiger partial charge in [-0.1, -0.05) is 23.7 Å². The SMILES string of the molecule is C[C@@H](c1ccc(N)cc1)n1cnc2c(Cl)ncnc21. The van der Waals surface area contributed by atoms with Crippen LogP contribution in [-0.4, -0.2) is 19.5 Å². The first-order valence-electron chi connectivity index (χ1n) is 5.85. The smallest absolute Gasteiger partial charge is 0.165 e. The number of aromatic nitrogens is 4. The maximum absolute atomic E-state index is 6.00. The Labute approximate surface area is 115 Å². The van der Waals surface area contributed by atoms with Crippen LogP contribution in [0, 0.1) is 0 Å². The Bertz CT molecular complexity index is 719. The van der Waals surface area contributed by atoms with Gasteiger partial charge in [0, 0.05) is 5.69 Å². The Morgan fingerprint density at radius 1 is 1.16 bits per heavy atom. The van der Waals surface area contributed by atoms with E-state index in [1.54, 1.807) is 6.33 Å². The van der Waals surface area contributed by atoms with Crippen molar-refractivity contribution in [3.63, 3.8) is 0 Å². The summed E-state index contributed by atoms with van der Waals surface area (Å²) in [5, 5.41) is 0.369. The quantitative estimate of drug-likeness (QED) is 0.576. The number of fused-ring (bicyclic) bond motifs is 1. The Morgan fingerprint density at radius 3 is 2.63 bits per heavy atom. The Balaban J connectivity index is 2.09. The van der Waals surface area contributed by atoms with Crippen LogP contribution in [-0.2, 0) is 0 Å². The van der Waals surface area contributed by atoms with Gasteiger partial charge >= 0.3 is 0 Å². The third-order valence-corrected chi connectivity index (χ3v) is 3.43. The summed E-state index contributed by atoms with van der Waals surface area (Å²) in [6.45, 7) is 2.07. The van der Waals surface area contributed by atoms with Gasteiger partial charge in [0.15, 0.2) is 10.8 Å². The van der Waals surface area contributed by atoms with Crippen molar-refractivity contribution in [1.82, 2.24) is 19.5 Å². The molecule has 2 aromatic heterocycles. The summed E-state index contributed by atoms with van der Waals surface area (Å²) in [5.74, 6) is 0. The van der Waals surface area contributed by atoms with Gasteiger partial charge in [0.2, 0.25) is 0 Å². The topological polar surface area (TPSA) is 69.6 Å². The molecule has 1 aromatic carbocycles. The fourth-order valence-electron chi connectivity index (χ4n) is 2.04. The Hall–Kier alpha value is -2.14. The van der Waals surface area contributed by atoms with E-state index in [0.717, 1.165) is 16.9 Å². The van der Waals surface area contributed by atoms with Crippen LogP contribution in [0.3, 0.4) is 0 Å². The Kier molecular flexibility index (Phi) is 2.83. The molecule has 0 fully saturated rings. The number of hydrogen-bond acceptors (Lipinski definition) is 4. The maximum Gasteiger partial charge on any atom is 0.165 e. The lowest BCUT2D eigenvalue weighted by Crippen LogP contribution is -2.06. The molecule has 2 heterocycles. The molecule has 0 aliphatic carbocycles. The largest absolute Gasteiger partial charge is 0.399 e. The molecule has 0 saturated carbocycles.